The third-order valence-corrected chi connectivity index (χ3v) is 5.35. The molecule has 0 spiro atoms. The molecule has 0 aliphatic rings. The van der Waals surface area contributed by atoms with Crippen LogP contribution >= 0.6 is 11.8 Å². The second-order valence-electron chi connectivity index (χ2n) is 6.55. The summed E-state index contributed by atoms with van der Waals surface area (Å²) >= 11 is 1.62. The highest BCUT2D eigenvalue weighted by atomic mass is 32.2. The van der Waals surface area contributed by atoms with Crippen molar-refractivity contribution < 1.29 is 23.1 Å². The molecule has 29 heavy (non-hydrogen) atoms. The zero-order valence-corrected chi connectivity index (χ0v) is 16.4. The Balaban J connectivity index is 1.63. The van der Waals surface area contributed by atoms with E-state index >= 15 is 0 Å². The van der Waals surface area contributed by atoms with Crippen LogP contribution in [0.1, 0.15) is 22.4 Å². The molecule has 0 unspecified atom stereocenters. The topological polar surface area (TPSA) is 55.1 Å². The number of thioether (sulfide) groups is 1. The van der Waals surface area contributed by atoms with Crippen molar-refractivity contribution in [3.63, 3.8) is 0 Å². The third kappa shape index (κ3) is 5.63. The van der Waals surface area contributed by atoms with Crippen LogP contribution in [-0.2, 0) is 23.8 Å². The highest BCUT2D eigenvalue weighted by molar-refractivity contribution is 7.99. The molecule has 4 nitrogen and oxygen atoms in total. The zero-order chi connectivity index (χ0) is 21.0. The molecular formula is C21H19F3N2O2S. The van der Waals surface area contributed by atoms with Crippen molar-refractivity contribution in [1.29, 1.82) is 0 Å². The van der Waals surface area contributed by atoms with Crippen LogP contribution in [0, 0.1) is 6.92 Å². The highest BCUT2D eigenvalue weighted by Crippen LogP contribution is 2.29. The lowest BCUT2D eigenvalue weighted by Gasteiger charge is -2.07. The van der Waals surface area contributed by atoms with Crippen molar-refractivity contribution in [1.82, 2.24) is 9.78 Å². The van der Waals surface area contributed by atoms with Gasteiger partial charge in [0.2, 0.25) is 0 Å². The van der Waals surface area contributed by atoms with Gasteiger partial charge in [-0.1, -0.05) is 12.1 Å². The first-order chi connectivity index (χ1) is 13.7. The number of rotatable bonds is 7. The molecule has 152 valence electrons. The molecule has 0 fully saturated rings. The molecule has 0 atom stereocenters. The van der Waals surface area contributed by atoms with Gasteiger partial charge in [0, 0.05) is 16.8 Å². The van der Waals surface area contributed by atoms with Gasteiger partial charge in [-0.25, -0.2) is 4.68 Å². The van der Waals surface area contributed by atoms with E-state index in [0.717, 1.165) is 46.0 Å². The van der Waals surface area contributed by atoms with Crippen molar-refractivity contribution >= 4 is 17.7 Å². The summed E-state index contributed by atoms with van der Waals surface area (Å²) in [5.74, 6) is -0.0887. The number of carboxylic acid groups (broad SMARTS) is 1. The quantitative estimate of drug-likeness (QED) is 0.537. The Labute approximate surface area is 170 Å². The fourth-order valence-corrected chi connectivity index (χ4v) is 3.84. The van der Waals surface area contributed by atoms with Gasteiger partial charge in [-0.3, -0.25) is 4.79 Å². The Bertz CT molecular complexity index is 998. The first-order valence-corrected chi connectivity index (χ1v) is 9.87. The molecule has 1 aromatic heterocycles. The van der Waals surface area contributed by atoms with E-state index in [1.165, 1.54) is 12.1 Å². The fourth-order valence-electron chi connectivity index (χ4n) is 2.88. The van der Waals surface area contributed by atoms with Gasteiger partial charge in [0.15, 0.2) is 0 Å². The van der Waals surface area contributed by atoms with Crippen LogP contribution in [0.25, 0.3) is 5.69 Å². The SMILES string of the molecule is Cc1nn(-c2ccc(C(F)(F)F)cc2)cc1CCSc1cccc(CC(=O)O)c1. The van der Waals surface area contributed by atoms with E-state index in [1.807, 2.05) is 31.3 Å². The normalized spacial score (nSPS) is 11.6. The largest absolute Gasteiger partial charge is 0.481 e. The lowest BCUT2D eigenvalue weighted by molar-refractivity contribution is -0.138. The van der Waals surface area contributed by atoms with Gasteiger partial charge in [-0.15, -0.1) is 11.8 Å². The van der Waals surface area contributed by atoms with E-state index in [4.69, 9.17) is 5.11 Å². The minimum absolute atomic E-state index is 0.00654. The number of hydrogen-bond donors (Lipinski definition) is 1. The van der Waals surface area contributed by atoms with E-state index in [-0.39, 0.29) is 6.42 Å². The van der Waals surface area contributed by atoms with Crippen molar-refractivity contribution in [2.75, 3.05) is 5.75 Å². The number of alkyl halides is 3. The Kier molecular flexibility index (Phi) is 6.32. The molecule has 1 N–H and O–H groups in total. The van der Waals surface area contributed by atoms with Gasteiger partial charge in [0.05, 0.1) is 23.4 Å². The Morgan fingerprint density at radius 3 is 2.55 bits per heavy atom. The van der Waals surface area contributed by atoms with Crippen molar-refractivity contribution in [3.05, 3.63) is 77.1 Å². The molecule has 0 aliphatic heterocycles. The van der Waals surface area contributed by atoms with E-state index in [9.17, 15) is 18.0 Å². The van der Waals surface area contributed by atoms with E-state index in [2.05, 4.69) is 5.10 Å². The average Bonchev–Trinajstić information content (AvgIpc) is 3.02. The number of aromatic nitrogens is 2. The smallest absolute Gasteiger partial charge is 0.416 e. The van der Waals surface area contributed by atoms with Gasteiger partial charge in [-0.05, 0) is 60.9 Å². The number of hydrogen-bond acceptors (Lipinski definition) is 3. The first kappa shape index (κ1) is 21.0. The zero-order valence-electron chi connectivity index (χ0n) is 15.6. The van der Waals surface area contributed by atoms with Crippen LogP contribution in [0.15, 0.2) is 59.6 Å². The summed E-state index contributed by atoms with van der Waals surface area (Å²) in [4.78, 5) is 11.8. The molecule has 0 radical (unpaired) electrons. The maximum atomic E-state index is 12.7. The van der Waals surface area contributed by atoms with Crippen LogP contribution in [0.2, 0.25) is 0 Å². The van der Waals surface area contributed by atoms with Crippen molar-refractivity contribution in [2.45, 2.75) is 30.8 Å². The molecule has 0 amide bonds. The molecule has 0 saturated heterocycles. The predicted octanol–water partition coefficient (Wildman–Crippen LogP) is 5.16. The van der Waals surface area contributed by atoms with Gasteiger partial charge in [-0.2, -0.15) is 18.3 Å². The Hall–Kier alpha value is -2.74. The van der Waals surface area contributed by atoms with Crippen LogP contribution in [0.3, 0.4) is 0 Å². The number of nitrogens with zero attached hydrogens (tertiary/aromatic N) is 2. The first-order valence-electron chi connectivity index (χ1n) is 8.88. The molecule has 0 aliphatic carbocycles. The van der Waals surface area contributed by atoms with Gasteiger partial charge in [0.25, 0.3) is 0 Å². The minimum Gasteiger partial charge on any atom is -0.481 e. The molecule has 3 rings (SSSR count). The van der Waals surface area contributed by atoms with Gasteiger partial charge >= 0.3 is 12.1 Å². The van der Waals surface area contributed by atoms with Crippen LogP contribution < -0.4 is 0 Å². The number of halogens is 3. The summed E-state index contributed by atoms with van der Waals surface area (Å²) in [5, 5.41) is 13.3. The summed E-state index contributed by atoms with van der Waals surface area (Å²) in [6, 6.07) is 12.3. The minimum atomic E-state index is -4.36. The summed E-state index contributed by atoms with van der Waals surface area (Å²) in [7, 11) is 0. The number of carboxylic acids is 1. The highest BCUT2D eigenvalue weighted by Gasteiger charge is 2.30. The number of aryl methyl sites for hydroxylation is 2. The average molecular weight is 420 g/mol. The molecular weight excluding hydrogens is 401 g/mol. The second kappa shape index (κ2) is 8.73. The molecule has 3 aromatic rings. The molecule has 1 heterocycles. The maximum absolute atomic E-state index is 12.7. The number of carbonyl (C=O) groups is 1. The monoisotopic (exact) mass is 420 g/mol. The van der Waals surface area contributed by atoms with Crippen LogP contribution in [-0.4, -0.2) is 26.6 Å². The molecule has 0 bridgehead atoms. The number of aliphatic carboxylic acids is 1. The lowest BCUT2D eigenvalue weighted by Crippen LogP contribution is -2.05. The lowest BCUT2D eigenvalue weighted by atomic mass is 10.2. The molecule has 8 heteroatoms. The second-order valence-corrected chi connectivity index (χ2v) is 7.71. The number of benzene rings is 2. The van der Waals surface area contributed by atoms with Crippen molar-refractivity contribution in [2.24, 2.45) is 0 Å². The van der Waals surface area contributed by atoms with Crippen molar-refractivity contribution in [3.8, 4) is 5.69 Å². The van der Waals surface area contributed by atoms with Crippen LogP contribution in [0.5, 0.6) is 0 Å². The van der Waals surface area contributed by atoms with Gasteiger partial charge in [0.1, 0.15) is 0 Å². The molecule has 0 saturated carbocycles. The summed E-state index contributed by atoms with van der Waals surface area (Å²) in [5.41, 5.74) is 2.48. The maximum Gasteiger partial charge on any atom is 0.416 e. The van der Waals surface area contributed by atoms with E-state index in [0.29, 0.717) is 5.69 Å². The van der Waals surface area contributed by atoms with E-state index in [1.54, 1.807) is 22.5 Å². The Morgan fingerprint density at radius 1 is 1.17 bits per heavy atom. The summed E-state index contributed by atoms with van der Waals surface area (Å²) < 4.78 is 39.7. The Morgan fingerprint density at radius 2 is 1.90 bits per heavy atom. The predicted molar refractivity (Wildman–Crippen MR) is 106 cm³/mol. The standard InChI is InChI=1S/C21H19F3N2O2S/c1-14-16(9-10-29-19-4-2-3-15(11-19)12-20(27)28)13-26(25-14)18-7-5-17(6-8-18)21(22,23)24/h2-8,11,13H,9-10,12H2,1H3,(H,27,28). The fraction of sp³-hybridized carbons (Fsp3) is 0.238. The third-order valence-electron chi connectivity index (χ3n) is 4.35. The summed E-state index contributed by atoms with van der Waals surface area (Å²) in [6.45, 7) is 1.87. The van der Waals surface area contributed by atoms with Gasteiger partial charge < -0.3 is 5.11 Å². The van der Waals surface area contributed by atoms with Crippen LogP contribution in [0.4, 0.5) is 13.2 Å². The van der Waals surface area contributed by atoms with E-state index < -0.39 is 17.7 Å². The molecule has 2 aromatic carbocycles. The summed E-state index contributed by atoms with van der Waals surface area (Å²) in [6.07, 6.45) is -1.80.